The molecule has 3 aromatic heterocycles. The highest BCUT2D eigenvalue weighted by Crippen LogP contribution is 2.35. The molecule has 4 heterocycles. The van der Waals surface area contributed by atoms with Gasteiger partial charge in [-0.2, -0.15) is 0 Å². The highest BCUT2D eigenvalue weighted by molar-refractivity contribution is 5.36. The minimum atomic E-state index is -0.0775. The normalized spacial score (nSPS) is 21.5. The zero-order valence-electron chi connectivity index (χ0n) is 14.9. The zero-order chi connectivity index (χ0) is 17.7. The van der Waals surface area contributed by atoms with Crippen LogP contribution >= 0.6 is 0 Å². The number of nitrogens with one attached hydrogen (secondary N) is 1. The van der Waals surface area contributed by atoms with Crippen LogP contribution in [0.4, 0.5) is 0 Å². The van der Waals surface area contributed by atoms with Crippen LogP contribution in [0.15, 0.2) is 23.1 Å². The van der Waals surface area contributed by atoms with E-state index in [1.165, 1.54) is 36.0 Å². The van der Waals surface area contributed by atoms with E-state index in [4.69, 9.17) is 0 Å². The first-order valence-electron chi connectivity index (χ1n) is 9.44. The van der Waals surface area contributed by atoms with Crippen LogP contribution in [0.2, 0.25) is 0 Å². The highest BCUT2D eigenvalue weighted by Gasteiger charge is 2.31. The first-order valence-corrected chi connectivity index (χ1v) is 9.44. The van der Waals surface area contributed by atoms with E-state index in [0.717, 1.165) is 24.6 Å². The minimum absolute atomic E-state index is 0.0775. The topological polar surface area (TPSA) is 84.1 Å². The van der Waals surface area contributed by atoms with Crippen LogP contribution in [0.3, 0.4) is 0 Å². The van der Waals surface area contributed by atoms with Gasteiger partial charge in [0.15, 0.2) is 5.65 Å². The Balaban J connectivity index is 1.40. The standard InChI is InChI=1S/C18H23N7O/c1-12-17-21-22-18(13-4-2-3-5-13)24(17)9-8-23(12)11-14-10-16(26)25-15(20-14)6-7-19-25/h6-7,10,12-13,19H,2-5,8-9,11H2,1H3. The Morgan fingerprint density at radius 1 is 1.19 bits per heavy atom. The predicted octanol–water partition coefficient (Wildman–Crippen LogP) is 1.85. The van der Waals surface area contributed by atoms with E-state index in [2.05, 4.69) is 36.7 Å². The number of hydrogen-bond acceptors (Lipinski definition) is 5. The summed E-state index contributed by atoms with van der Waals surface area (Å²) in [7, 11) is 0. The van der Waals surface area contributed by atoms with E-state index < -0.39 is 0 Å². The fraction of sp³-hybridized carbons (Fsp3) is 0.556. The van der Waals surface area contributed by atoms with Gasteiger partial charge in [0.05, 0.1) is 11.7 Å². The van der Waals surface area contributed by atoms with Gasteiger partial charge in [0, 0.05) is 43.9 Å². The monoisotopic (exact) mass is 353 g/mol. The SMILES string of the molecule is CC1c2nnc(C3CCCC3)n2CCN1Cc1cc(=O)n2[nH]ccc2n1. The van der Waals surface area contributed by atoms with E-state index >= 15 is 0 Å². The van der Waals surface area contributed by atoms with Crippen LogP contribution in [0.1, 0.15) is 61.9 Å². The molecule has 2 aliphatic rings. The van der Waals surface area contributed by atoms with Gasteiger partial charge in [-0.1, -0.05) is 12.8 Å². The van der Waals surface area contributed by atoms with Crippen LogP contribution in [0, 0.1) is 0 Å². The molecule has 1 aliphatic carbocycles. The van der Waals surface area contributed by atoms with Gasteiger partial charge in [-0.3, -0.25) is 14.8 Å². The third-order valence-corrected chi connectivity index (χ3v) is 5.86. The Hall–Kier alpha value is -2.48. The largest absolute Gasteiger partial charge is 0.312 e. The molecule has 0 spiro atoms. The Labute approximate surface area is 150 Å². The van der Waals surface area contributed by atoms with E-state index in [0.29, 0.717) is 18.1 Å². The molecule has 1 atom stereocenters. The molecule has 1 aliphatic heterocycles. The van der Waals surface area contributed by atoms with Crippen LogP contribution in [0.25, 0.3) is 5.65 Å². The number of aromatic nitrogens is 6. The molecule has 1 fully saturated rings. The molecule has 3 aromatic rings. The molecule has 1 saturated carbocycles. The molecule has 8 nitrogen and oxygen atoms in total. The van der Waals surface area contributed by atoms with Gasteiger partial charge in [-0.15, -0.1) is 10.2 Å². The summed E-state index contributed by atoms with van der Waals surface area (Å²) in [6, 6.07) is 3.59. The lowest BCUT2D eigenvalue weighted by molar-refractivity contribution is 0.152. The van der Waals surface area contributed by atoms with Crippen molar-refractivity contribution in [2.75, 3.05) is 6.54 Å². The van der Waals surface area contributed by atoms with Crippen molar-refractivity contribution in [2.24, 2.45) is 0 Å². The van der Waals surface area contributed by atoms with E-state index in [1.54, 1.807) is 12.3 Å². The summed E-state index contributed by atoms with van der Waals surface area (Å²) in [4.78, 5) is 19.1. The summed E-state index contributed by atoms with van der Waals surface area (Å²) in [5.74, 6) is 2.79. The van der Waals surface area contributed by atoms with E-state index in [-0.39, 0.29) is 11.6 Å². The molecule has 1 N–H and O–H groups in total. The number of nitrogens with zero attached hydrogens (tertiary/aromatic N) is 6. The number of H-pyrrole nitrogens is 1. The van der Waals surface area contributed by atoms with Gasteiger partial charge in [0.1, 0.15) is 11.6 Å². The number of rotatable bonds is 3. The summed E-state index contributed by atoms with van der Waals surface area (Å²) in [6.07, 6.45) is 6.81. The maximum absolute atomic E-state index is 12.2. The first kappa shape index (κ1) is 15.7. The molecule has 0 amide bonds. The molecule has 8 heteroatoms. The molecule has 1 unspecified atom stereocenters. The van der Waals surface area contributed by atoms with Crippen molar-refractivity contribution >= 4 is 5.65 Å². The Morgan fingerprint density at radius 2 is 2.00 bits per heavy atom. The summed E-state index contributed by atoms with van der Waals surface area (Å²) in [5.41, 5.74) is 1.38. The summed E-state index contributed by atoms with van der Waals surface area (Å²) in [5, 5.41) is 11.9. The van der Waals surface area contributed by atoms with Crippen molar-refractivity contribution in [1.29, 1.82) is 0 Å². The van der Waals surface area contributed by atoms with Crippen LogP contribution in [0.5, 0.6) is 0 Å². The molecule has 136 valence electrons. The Morgan fingerprint density at radius 3 is 2.85 bits per heavy atom. The lowest BCUT2D eigenvalue weighted by Crippen LogP contribution is -2.37. The zero-order valence-corrected chi connectivity index (χ0v) is 14.9. The second-order valence-electron chi connectivity index (χ2n) is 7.44. The minimum Gasteiger partial charge on any atom is -0.312 e. The van der Waals surface area contributed by atoms with E-state index in [1.807, 2.05) is 6.07 Å². The molecular formula is C18H23N7O. The second kappa shape index (κ2) is 6.05. The van der Waals surface area contributed by atoms with Gasteiger partial charge in [-0.25, -0.2) is 9.50 Å². The van der Waals surface area contributed by atoms with E-state index in [9.17, 15) is 4.79 Å². The fourth-order valence-electron chi connectivity index (χ4n) is 4.42. The van der Waals surface area contributed by atoms with Gasteiger partial charge in [0.25, 0.3) is 5.56 Å². The van der Waals surface area contributed by atoms with Gasteiger partial charge in [0.2, 0.25) is 0 Å². The molecule has 0 aromatic carbocycles. The summed E-state index contributed by atoms with van der Waals surface area (Å²) in [6.45, 7) is 4.63. The summed E-state index contributed by atoms with van der Waals surface area (Å²) >= 11 is 0. The Bertz CT molecular complexity index is 995. The van der Waals surface area contributed by atoms with Gasteiger partial charge >= 0.3 is 0 Å². The molecule has 0 saturated heterocycles. The molecule has 5 rings (SSSR count). The quantitative estimate of drug-likeness (QED) is 0.777. The number of hydrogen-bond donors (Lipinski definition) is 1. The first-order chi connectivity index (χ1) is 12.7. The van der Waals surface area contributed by atoms with Gasteiger partial charge < -0.3 is 4.57 Å². The lowest BCUT2D eigenvalue weighted by atomic mass is 10.1. The second-order valence-corrected chi connectivity index (χ2v) is 7.44. The van der Waals surface area contributed by atoms with Crippen molar-refractivity contribution in [1.82, 2.24) is 34.3 Å². The molecule has 0 bridgehead atoms. The Kier molecular flexibility index (Phi) is 3.66. The smallest absolute Gasteiger partial charge is 0.272 e. The highest BCUT2D eigenvalue weighted by atomic mass is 16.1. The maximum atomic E-state index is 12.2. The number of fused-ring (bicyclic) bond motifs is 2. The van der Waals surface area contributed by atoms with Crippen molar-refractivity contribution in [3.05, 3.63) is 46.0 Å². The third kappa shape index (κ3) is 2.47. The van der Waals surface area contributed by atoms with Crippen molar-refractivity contribution < 1.29 is 0 Å². The average molecular weight is 353 g/mol. The predicted molar refractivity (Wildman–Crippen MR) is 95.9 cm³/mol. The van der Waals surface area contributed by atoms with Crippen molar-refractivity contribution in [2.45, 2.75) is 57.7 Å². The number of aromatic amines is 1. The van der Waals surface area contributed by atoms with Crippen molar-refractivity contribution in [3.8, 4) is 0 Å². The maximum Gasteiger partial charge on any atom is 0.272 e. The average Bonchev–Trinajstić information content (AvgIpc) is 3.36. The molecular weight excluding hydrogens is 330 g/mol. The van der Waals surface area contributed by atoms with Crippen molar-refractivity contribution in [3.63, 3.8) is 0 Å². The third-order valence-electron chi connectivity index (χ3n) is 5.86. The fourth-order valence-corrected chi connectivity index (χ4v) is 4.42. The van der Waals surface area contributed by atoms with Crippen LogP contribution in [-0.2, 0) is 13.1 Å². The lowest BCUT2D eigenvalue weighted by Gasteiger charge is -2.33. The molecule has 26 heavy (non-hydrogen) atoms. The summed E-state index contributed by atoms with van der Waals surface area (Å²) < 4.78 is 3.78. The van der Waals surface area contributed by atoms with Crippen LogP contribution in [-0.4, -0.2) is 40.8 Å². The van der Waals surface area contributed by atoms with Crippen LogP contribution < -0.4 is 5.56 Å². The molecule has 0 radical (unpaired) electrons. The van der Waals surface area contributed by atoms with Gasteiger partial charge in [-0.05, 0) is 19.8 Å².